The van der Waals surface area contributed by atoms with E-state index in [0.717, 1.165) is 24.5 Å². The van der Waals surface area contributed by atoms with Gasteiger partial charge in [0.25, 0.3) is 0 Å². The van der Waals surface area contributed by atoms with Crippen molar-refractivity contribution in [1.82, 2.24) is 5.32 Å². The lowest BCUT2D eigenvalue weighted by molar-refractivity contribution is 0.592. The first-order valence-corrected chi connectivity index (χ1v) is 5.83. The van der Waals surface area contributed by atoms with Gasteiger partial charge in [0.05, 0.1) is 0 Å². The molecule has 1 unspecified atom stereocenters. The van der Waals surface area contributed by atoms with Crippen molar-refractivity contribution < 1.29 is 0 Å². The van der Waals surface area contributed by atoms with E-state index in [2.05, 4.69) is 29.3 Å². The van der Waals surface area contributed by atoms with Gasteiger partial charge in [0.2, 0.25) is 0 Å². The number of hydrogen-bond donors (Lipinski definition) is 1. The number of hydrogen-bond acceptors (Lipinski definition) is 2. The molecular weight excluding hydrogens is 208 g/mol. The Labute approximate surface area is 96.2 Å². The van der Waals surface area contributed by atoms with Crippen LogP contribution in [0, 0.1) is 0 Å². The van der Waals surface area contributed by atoms with Crippen molar-refractivity contribution in [2.45, 2.75) is 19.4 Å². The first-order chi connectivity index (χ1) is 7.26. The standard InChI is InChI=1S/C12H17ClN2/c1-3-15-11(8-14-2)7-9-6-10(13)4-5-12(9)15/h4-6,11,14H,3,7-8H2,1-2H3. The summed E-state index contributed by atoms with van der Waals surface area (Å²) in [5.41, 5.74) is 2.73. The van der Waals surface area contributed by atoms with Crippen LogP contribution in [-0.4, -0.2) is 26.2 Å². The number of likely N-dealkylation sites (N-methyl/N-ethyl adjacent to an activating group) is 2. The van der Waals surface area contributed by atoms with Gasteiger partial charge in [-0.25, -0.2) is 0 Å². The van der Waals surface area contributed by atoms with Gasteiger partial charge >= 0.3 is 0 Å². The Morgan fingerprint density at radius 1 is 1.53 bits per heavy atom. The fourth-order valence-electron chi connectivity index (χ4n) is 2.41. The predicted octanol–water partition coefficient (Wildman–Crippen LogP) is 2.31. The maximum Gasteiger partial charge on any atom is 0.0455 e. The average Bonchev–Trinajstić information content (AvgIpc) is 2.54. The lowest BCUT2D eigenvalue weighted by atomic mass is 10.1. The van der Waals surface area contributed by atoms with Crippen LogP contribution in [0.15, 0.2) is 18.2 Å². The third-order valence-electron chi connectivity index (χ3n) is 3.03. The summed E-state index contributed by atoms with van der Waals surface area (Å²) in [6.07, 6.45) is 1.10. The second-order valence-corrected chi connectivity index (χ2v) is 4.41. The van der Waals surface area contributed by atoms with Gasteiger partial charge in [0.15, 0.2) is 0 Å². The summed E-state index contributed by atoms with van der Waals surface area (Å²) in [6.45, 7) is 4.29. The van der Waals surface area contributed by atoms with Crippen LogP contribution in [0.1, 0.15) is 12.5 Å². The van der Waals surface area contributed by atoms with E-state index in [4.69, 9.17) is 11.6 Å². The number of nitrogens with one attached hydrogen (secondary N) is 1. The largest absolute Gasteiger partial charge is 0.367 e. The lowest BCUT2D eigenvalue weighted by Crippen LogP contribution is -2.38. The van der Waals surface area contributed by atoms with Gasteiger partial charge in [-0.05, 0) is 44.2 Å². The molecule has 0 saturated heterocycles. The second kappa shape index (κ2) is 4.42. The molecule has 1 aromatic carbocycles. The molecule has 2 nitrogen and oxygen atoms in total. The highest BCUT2D eigenvalue weighted by atomic mass is 35.5. The minimum Gasteiger partial charge on any atom is -0.367 e. The average molecular weight is 225 g/mol. The first kappa shape index (κ1) is 10.8. The van der Waals surface area contributed by atoms with Gasteiger partial charge in [-0.15, -0.1) is 0 Å². The zero-order valence-corrected chi connectivity index (χ0v) is 10.0. The number of rotatable bonds is 3. The van der Waals surface area contributed by atoms with Crippen LogP contribution in [0.25, 0.3) is 0 Å². The van der Waals surface area contributed by atoms with Crippen molar-refractivity contribution >= 4 is 17.3 Å². The number of fused-ring (bicyclic) bond motifs is 1. The van der Waals surface area contributed by atoms with Gasteiger partial charge in [-0.3, -0.25) is 0 Å². The van der Waals surface area contributed by atoms with E-state index in [1.807, 2.05) is 13.1 Å². The predicted molar refractivity (Wildman–Crippen MR) is 65.9 cm³/mol. The van der Waals surface area contributed by atoms with Crippen LogP contribution in [0.2, 0.25) is 5.02 Å². The minimum absolute atomic E-state index is 0.577. The molecule has 0 fully saturated rings. The van der Waals surface area contributed by atoms with Gasteiger partial charge in [0, 0.05) is 29.8 Å². The third kappa shape index (κ3) is 1.97. The summed E-state index contributed by atoms with van der Waals surface area (Å²) in [7, 11) is 2.00. The van der Waals surface area contributed by atoms with Crippen LogP contribution >= 0.6 is 11.6 Å². The molecule has 0 amide bonds. The molecule has 1 aromatic rings. The Morgan fingerprint density at radius 2 is 2.33 bits per heavy atom. The van der Waals surface area contributed by atoms with E-state index in [0.29, 0.717) is 6.04 Å². The summed E-state index contributed by atoms with van der Waals surface area (Å²) >= 11 is 6.00. The van der Waals surface area contributed by atoms with Gasteiger partial charge in [-0.1, -0.05) is 11.6 Å². The topological polar surface area (TPSA) is 15.3 Å². The van der Waals surface area contributed by atoms with Crippen LogP contribution in [-0.2, 0) is 6.42 Å². The molecule has 1 aliphatic rings. The lowest BCUT2D eigenvalue weighted by Gasteiger charge is -2.25. The Kier molecular flexibility index (Phi) is 3.17. The Morgan fingerprint density at radius 3 is 3.00 bits per heavy atom. The highest BCUT2D eigenvalue weighted by molar-refractivity contribution is 6.30. The van der Waals surface area contributed by atoms with E-state index in [1.165, 1.54) is 11.3 Å². The summed E-state index contributed by atoms with van der Waals surface area (Å²) < 4.78 is 0. The molecule has 2 rings (SSSR count). The van der Waals surface area contributed by atoms with Crippen molar-refractivity contribution in [2.24, 2.45) is 0 Å². The van der Waals surface area contributed by atoms with E-state index in [-0.39, 0.29) is 0 Å². The summed E-state index contributed by atoms with van der Waals surface area (Å²) in [5.74, 6) is 0. The zero-order valence-electron chi connectivity index (χ0n) is 9.26. The highest BCUT2D eigenvalue weighted by Crippen LogP contribution is 2.33. The molecule has 0 saturated carbocycles. The Balaban J connectivity index is 2.28. The molecule has 0 bridgehead atoms. The molecule has 0 aromatic heterocycles. The van der Waals surface area contributed by atoms with Gasteiger partial charge in [-0.2, -0.15) is 0 Å². The molecule has 0 aliphatic carbocycles. The SMILES string of the molecule is CCN1c2ccc(Cl)cc2CC1CNC. The van der Waals surface area contributed by atoms with Crippen molar-refractivity contribution in [3.8, 4) is 0 Å². The maximum absolute atomic E-state index is 6.00. The summed E-state index contributed by atoms with van der Waals surface area (Å²) in [6, 6.07) is 6.78. The molecule has 0 radical (unpaired) electrons. The van der Waals surface area contributed by atoms with Crippen molar-refractivity contribution in [3.05, 3.63) is 28.8 Å². The first-order valence-electron chi connectivity index (χ1n) is 5.46. The fourth-order valence-corrected chi connectivity index (χ4v) is 2.60. The van der Waals surface area contributed by atoms with Crippen molar-refractivity contribution in [1.29, 1.82) is 0 Å². The van der Waals surface area contributed by atoms with E-state index >= 15 is 0 Å². The number of halogens is 1. The minimum atomic E-state index is 0.577. The zero-order chi connectivity index (χ0) is 10.8. The normalized spacial score (nSPS) is 19.4. The van der Waals surface area contributed by atoms with Crippen LogP contribution in [0.4, 0.5) is 5.69 Å². The molecule has 82 valence electrons. The molecule has 3 heteroatoms. The molecular formula is C12H17ClN2. The van der Waals surface area contributed by atoms with Crippen LogP contribution in [0.3, 0.4) is 0 Å². The fraction of sp³-hybridized carbons (Fsp3) is 0.500. The van der Waals surface area contributed by atoms with Crippen molar-refractivity contribution in [2.75, 3.05) is 25.0 Å². The molecule has 0 spiro atoms. The van der Waals surface area contributed by atoms with Gasteiger partial charge in [0.1, 0.15) is 0 Å². The Bertz CT molecular complexity index is 351. The van der Waals surface area contributed by atoms with Crippen molar-refractivity contribution in [3.63, 3.8) is 0 Å². The van der Waals surface area contributed by atoms with Gasteiger partial charge < -0.3 is 10.2 Å². The Hall–Kier alpha value is -0.730. The number of anilines is 1. The maximum atomic E-state index is 6.00. The molecule has 1 N–H and O–H groups in total. The molecule has 15 heavy (non-hydrogen) atoms. The smallest absolute Gasteiger partial charge is 0.0455 e. The number of nitrogens with zero attached hydrogens (tertiary/aromatic N) is 1. The second-order valence-electron chi connectivity index (χ2n) is 3.97. The highest BCUT2D eigenvalue weighted by Gasteiger charge is 2.27. The van der Waals surface area contributed by atoms with E-state index < -0.39 is 0 Å². The third-order valence-corrected chi connectivity index (χ3v) is 3.26. The van der Waals surface area contributed by atoms with E-state index in [9.17, 15) is 0 Å². The quantitative estimate of drug-likeness (QED) is 0.848. The van der Waals surface area contributed by atoms with E-state index in [1.54, 1.807) is 0 Å². The molecule has 1 aliphatic heterocycles. The number of benzene rings is 1. The van der Waals surface area contributed by atoms with Crippen LogP contribution in [0.5, 0.6) is 0 Å². The molecule has 1 atom stereocenters. The summed E-state index contributed by atoms with van der Waals surface area (Å²) in [5, 5.41) is 4.09. The molecule has 1 heterocycles. The van der Waals surface area contributed by atoms with Crippen LogP contribution < -0.4 is 10.2 Å². The summed E-state index contributed by atoms with van der Waals surface area (Å²) in [4.78, 5) is 2.45. The monoisotopic (exact) mass is 224 g/mol.